The molecule has 3 nitrogen and oxygen atoms in total. The zero-order valence-corrected chi connectivity index (χ0v) is 28.7. The lowest BCUT2D eigenvalue weighted by Crippen LogP contribution is -2.33. The highest BCUT2D eigenvalue weighted by Crippen LogP contribution is 2.40. The number of hydrogen-bond donors (Lipinski definition) is 0. The number of piperidine rings is 2. The van der Waals surface area contributed by atoms with Crippen molar-refractivity contribution in [2.24, 2.45) is 0 Å². The molecule has 0 bridgehead atoms. The van der Waals surface area contributed by atoms with Gasteiger partial charge in [-0.25, -0.2) is 0 Å². The Morgan fingerprint density at radius 1 is 0.408 bits per heavy atom. The fourth-order valence-electron chi connectivity index (χ4n) is 8.37. The molecule has 0 spiro atoms. The molecule has 2 aliphatic carbocycles. The minimum atomic E-state index is 0.861. The number of likely N-dealkylation sites (tertiary alicyclic amines) is 2. The summed E-state index contributed by atoms with van der Waals surface area (Å²) >= 11 is 0. The quantitative estimate of drug-likeness (QED) is 0.153. The van der Waals surface area contributed by atoms with Crippen molar-refractivity contribution in [1.82, 2.24) is 9.80 Å². The summed E-state index contributed by atoms with van der Waals surface area (Å²) < 4.78 is 6.15. The third kappa shape index (κ3) is 7.07. The molecule has 3 heteroatoms. The number of benzene rings is 4. The zero-order valence-electron chi connectivity index (χ0n) is 28.7. The summed E-state index contributed by atoms with van der Waals surface area (Å²) in [7, 11) is 0. The first-order valence-electron chi connectivity index (χ1n) is 18.5. The number of ether oxygens (including phenoxy) is 1. The molecule has 4 aliphatic rings. The van der Waals surface area contributed by atoms with Gasteiger partial charge in [-0.1, -0.05) is 133 Å². The van der Waals surface area contributed by atoms with Crippen molar-refractivity contribution in [3.63, 3.8) is 0 Å². The SMILES string of the molecule is C1=Cc2ccccc2C(=C2CCN(CCCOCCCN3CCC(=C4c5ccccc5C=Cc5ccccc54)CC3)CC2)c2ccccc21. The maximum absolute atomic E-state index is 6.15. The van der Waals surface area contributed by atoms with E-state index in [1.54, 1.807) is 11.1 Å². The molecule has 2 saturated heterocycles. The Bertz CT molecular complexity index is 1660. The van der Waals surface area contributed by atoms with Gasteiger partial charge in [0.15, 0.2) is 0 Å². The third-order valence-electron chi connectivity index (χ3n) is 11.0. The van der Waals surface area contributed by atoms with E-state index in [1.165, 1.54) is 55.7 Å². The van der Waals surface area contributed by atoms with Crippen LogP contribution in [-0.2, 0) is 4.74 Å². The molecule has 2 fully saturated rings. The standard InChI is InChI=1S/C46H48N2O/c1-5-15-41-35(11-1)19-20-36-12-2-6-16-42(36)45(41)39-23-29-47(30-24-39)27-9-33-49-34-10-28-48-31-25-40(26-32-48)46-43-17-7-3-13-37(43)21-22-38-14-4-8-18-44(38)46/h1-8,11-22H,9-10,23-34H2. The van der Waals surface area contributed by atoms with Crippen LogP contribution < -0.4 is 0 Å². The predicted octanol–water partition coefficient (Wildman–Crippen LogP) is 9.95. The maximum Gasteiger partial charge on any atom is 0.0478 e. The first-order valence-corrected chi connectivity index (χ1v) is 18.5. The molecule has 0 saturated carbocycles. The van der Waals surface area contributed by atoms with Gasteiger partial charge in [0.1, 0.15) is 0 Å². The maximum atomic E-state index is 6.15. The second-order valence-electron chi connectivity index (χ2n) is 14.0. The average molecular weight is 645 g/mol. The van der Waals surface area contributed by atoms with Gasteiger partial charge in [0.2, 0.25) is 0 Å². The minimum absolute atomic E-state index is 0.861. The highest BCUT2D eigenvalue weighted by molar-refractivity contribution is 5.96. The second kappa shape index (κ2) is 15.1. The van der Waals surface area contributed by atoms with Gasteiger partial charge in [0, 0.05) is 52.5 Å². The number of nitrogens with zero attached hydrogens (tertiary/aromatic N) is 2. The van der Waals surface area contributed by atoms with Gasteiger partial charge >= 0.3 is 0 Å². The van der Waals surface area contributed by atoms with Crippen LogP contribution in [0.5, 0.6) is 0 Å². The van der Waals surface area contributed by atoms with E-state index in [0.717, 1.165) is 91.0 Å². The van der Waals surface area contributed by atoms with Crippen LogP contribution in [0.1, 0.15) is 83.0 Å². The van der Waals surface area contributed by atoms with Crippen LogP contribution in [0.15, 0.2) is 108 Å². The summed E-state index contributed by atoms with van der Waals surface area (Å²) in [6.45, 7) is 8.52. The molecule has 49 heavy (non-hydrogen) atoms. The van der Waals surface area contributed by atoms with Crippen LogP contribution >= 0.6 is 0 Å². The number of hydrogen-bond acceptors (Lipinski definition) is 3. The minimum Gasteiger partial charge on any atom is -0.381 e. The second-order valence-corrected chi connectivity index (χ2v) is 14.0. The Morgan fingerprint density at radius 2 is 0.714 bits per heavy atom. The largest absolute Gasteiger partial charge is 0.381 e. The van der Waals surface area contributed by atoms with Crippen molar-refractivity contribution in [3.8, 4) is 0 Å². The van der Waals surface area contributed by atoms with E-state index < -0.39 is 0 Å². The van der Waals surface area contributed by atoms with Gasteiger partial charge in [-0.3, -0.25) is 0 Å². The smallest absolute Gasteiger partial charge is 0.0478 e. The Morgan fingerprint density at radius 3 is 1.04 bits per heavy atom. The highest BCUT2D eigenvalue weighted by Gasteiger charge is 2.24. The molecule has 2 aliphatic heterocycles. The van der Waals surface area contributed by atoms with Gasteiger partial charge in [0.25, 0.3) is 0 Å². The first-order chi connectivity index (χ1) is 24.3. The van der Waals surface area contributed by atoms with Crippen molar-refractivity contribution in [2.45, 2.75) is 38.5 Å². The van der Waals surface area contributed by atoms with E-state index >= 15 is 0 Å². The molecule has 0 unspecified atom stereocenters. The molecule has 0 N–H and O–H groups in total. The van der Waals surface area contributed by atoms with Gasteiger partial charge in [0.05, 0.1) is 0 Å². The van der Waals surface area contributed by atoms with Crippen molar-refractivity contribution < 1.29 is 4.74 Å². The van der Waals surface area contributed by atoms with E-state index in [9.17, 15) is 0 Å². The van der Waals surface area contributed by atoms with E-state index in [4.69, 9.17) is 4.74 Å². The topological polar surface area (TPSA) is 15.7 Å². The van der Waals surface area contributed by atoms with Crippen LogP contribution in [-0.4, -0.2) is 62.3 Å². The lowest BCUT2D eigenvalue weighted by atomic mass is 9.86. The Hall–Kier alpha value is -4.28. The van der Waals surface area contributed by atoms with Crippen LogP contribution in [0.25, 0.3) is 35.5 Å². The molecule has 8 rings (SSSR count). The fraction of sp³-hybridized carbons (Fsp3) is 0.304. The van der Waals surface area contributed by atoms with Crippen molar-refractivity contribution in [3.05, 3.63) is 153 Å². The molecule has 2 heterocycles. The summed E-state index contributed by atoms with van der Waals surface area (Å²) in [4.78, 5) is 5.28. The van der Waals surface area contributed by atoms with Crippen LogP contribution in [0.3, 0.4) is 0 Å². The summed E-state index contributed by atoms with van der Waals surface area (Å²) in [6, 6.07) is 35.6. The van der Waals surface area contributed by atoms with Gasteiger partial charge in [-0.05, 0) is 94.2 Å². The van der Waals surface area contributed by atoms with E-state index in [-0.39, 0.29) is 0 Å². The third-order valence-corrected chi connectivity index (χ3v) is 11.0. The summed E-state index contributed by atoms with van der Waals surface area (Å²) in [5.41, 5.74) is 17.0. The van der Waals surface area contributed by atoms with E-state index in [1.807, 2.05) is 0 Å². The Balaban J connectivity index is 0.783. The Kier molecular flexibility index (Phi) is 9.84. The predicted molar refractivity (Wildman–Crippen MR) is 207 cm³/mol. The Labute approximate surface area is 292 Å². The normalized spacial score (nSPS) is 17.6. The molecule has 0 amide bonds. The summed E-state index contributed by atoms with van der Waals surface area (Å²) in [5.74, 6) is 0. The molecule has 4 aromatic rings. The van der Waals surface area contributed by atoms with Crippen molar-refractivity contribution in [2.75, 3.05) is 52.5 Å². The molecular weight excluding hydrogens is 597 g/mol. The lowest BCUT2D eigenvalue weighted by molar-refractivity contribution is 0.107. The molecule has 0 atom stereocenters. The number of fused-ring (bicyclic) bond motifs is 4. The van der Waals surface area contributed by atoms with Crippen molar-refractivity contribution >= 4 is 35.5 Å². The first kappa shape index (κ1) is 32.0. The van der Waals surface area contributed by atoms with Gasteiger partial charge < -0.3 is 14.5 Å². The molecule has 4 aromatic carbocycles. The number of rotatable bonds is 8. The monoisotopic (exact) mass is 644 g/mol. The lowest BCUT2D eigenvalue weighted by Gasteiger charge is -2.31. The van der Waals surface area contributed by atoms with E-state index in [0.29, 0.717) is 0 Å². The summed E-state index contributed by atoms with van der Waals surface area (Å²) in [6.07, 6.45) is 15.9. The van der Waals surface area contributed by atoms with Crippen LogP contribution in [0.2, 0.25) is 0 Å². The fourth-order valence-corrected chi connectivity index (χ4v) is 8.37. The highest BCUT2D eigenvalue weighted by atomic mass is 16.5. The average Bonchev–Trinajstić information content (AvgIpc) is 3.43. The molecule has 248 valence electrons. The van der Waals surface area contributed by atoms with Gasteiger partial charge in [-0.2, -0.15) is 0 Å². The van der Waals surface area contributed by atoms with E-state index in [2.05, 4.69) is 131 Å². The van der Waals surface area contributed by atoms with Gasteiger partial charge in [-0.15, -0.1) is 0 Å². The summed E-state index contributed by atoms with van der Waals surface area (Å²) in [5, 5.41) is 0. The van der Waals surface area contributed by atoms with Crippen LogP contribution in [0.4, 0.5) is 0 Å². The molecule has 0 aromatic heterocycles. The molecular formula is C46H48N2O. The zero-order chi connectivity index (χ0) is 32.8. The molecule has 0 radical (unpaired) electrons. The van der Waals surface area contributed by atoms with Crippen molar-refractivity contribution in [1.29, 1.82) is 0 Å². The van der Waals surface area contributed by atoms with Crippen LogP contribution in [0, 0.1) is 0 Å².